The lowest BCUT2D eigenvalue weighted by Crippen LogP contribution is -1.99. The fourth-order valence-corrected chi connectivity index (χ4v) is 1.11. The molecule has 0 heterocycles. The largest absolute Gasteiger partial charge is 0.493 e. The van der Waals surface area contributed by atoms with Gasteiger partial charge in [-0.1, -0.05) is 18.2 Å². The van der Waals surface area contributed by atoms with Crippen molar-refractivity contribution in [2.45, 2.75) is 19.8 Å². The number of aryl methyl sites for hydroxylation is 1. The van der Waals surface area contributed by atoms with Gasteiger partial charge in [-0.3, -0.25) is 0 Å². The molecule has 0 saturated carbocycles. The molecule has 0 unspecified atom stereocenters. The zero-order valence-corrected chi connectivity index (χ0v) is 7.99. The van der Waals surface area contributed by atoms with Gasteiger partial charge in [-0.05, 0) is 31.4 Å². The Kier molecular flexibility index (Phi) is 4.33. The minimum atomic E-state index is 0.247. The summed E-state index contributed by atoms with van der Waals surface area (Å²) in [5, 5.41) is 8.56. The van der Waals surface area contributed by atoms with E-state index in [1.165, 1.54) is 0 Å². The second-order valence-electron chi connectivity index (χ2n) is 3.04. The van der Waals surface area contributed by atoms with Gasteiger partial charge in [0.15, 0.2) is 0 Å². The predicted molar refractivity (Wildman–Crippen MR) is 53.0 cm³/mol. The van der Waals surface area contributed by atoms with Crippen LogP contribution in [-0.4, -0.2) is 18.3 Å². The molecule has 0 aromatic heterocycles. The molecule has 13 heavy (non-hydrogen) atoms. The first-order valence-corrected chi connectivity index (χ1v) is 4.64. The fourth-order valence-electron chi connectivity index (χ4n) is 1.11. The first-order valence-electron chi connectivity index (χ1n) is 4.64. The molecule has 1 rings (SSSR count). The summed E-state index contributed by atoms with van der Waals surface area (Å²) in [5.74, 6) is 0.945. The van der Waals surface area contributed by atoms with Crippen LogP contribution in [0.5, 0.6) is 5.75 Å². The SMILES string of the molecule is Cc1ccccc1OCCCCO. The molecule has 0 fully saturated rings. The maximum atomic E-state index is 8.56. The van der Waals surface area contributed by atoms with Crippen molar-refractivity contribution < 1.29 is 9.84 Å². The Hall–Kier alpha value is -1.02. The lowest BCUT2D eigenvalue weighted by molar-refractivity contribution is 0.252. The standard InChI is InChI=1S/C11H16O2/c1-10-6-2-3-7-11(10)13-9-5-4-8-12/h2-3,6-7,12H,4-5,8-9H2,1H3. The first kappa shape index (κ1) is 10.1. The van der Waals surface area contributed by atoms with Crippen molar-refractivity contribution >= 4 is 0 Å². The third kappa shape index (κ3) is 3.47. The van der Waals surface area contributed by atoms with Gasteiger partial charge in [0.1, 0.15) is 5.75 Å². The van der Waals surface area contributed by atoms with Crippen molar-refractivity contribution in [2.24, 2.45) is 0 Å². The van der Waals surface area contributed by atoms with E-state index in [2.05, 4.69) is 0 Å². The quantitative estimate of drug-likeness (QED) is 0.703. The summed E-state index contributed by atoms with van der Waals surface area (Å²) >= 11 is 0. The van der Waals surface area contributed by atoms with E-state index >= 15 is 0 Å². The van der Waals surface area contributed by atoms with E-state index in [0.717, 1.165) is 24.2 Å². The van der Waals surface area contributed by atoms with Gasteiger partial charge in [-0.25, -0.2) is 0 Å². The molecule has 0 aliphatic carbocycles. The number of benzene rings is 1. The average Bonchev–Trinajstić information content (AvgIpc) is 2.15. The van der Waals surface area contributed by atoms with E-state index in [0.29, 0.717) is 6.61 Å². The van der Waals surface area contributed by atoms with Crippen LogP contribution in [-0.2, 0) is 0 Å². The molecule has 0 aliphatic rings. The van der Waals surface area contributed by atoms with Crippen LogP contribution in [0.15, 0.2) is 24.3 Å². The number of ether oxygens (including phenoxy) is 1. The van der Waals surface area contributed by atoms with Crippen LogP contribution < -0.4 is 4.74 Å². The van der Waals surface area contributed by atoms with Crippen LogP contribution in [0.3, 0.4) is 0 Å². The second-order valence-corrected chi connectivity index (χ2v) is 3.04. The van der Waals surface area contributed by atoms with Crippen LogP contribution >= 0.6 is 0 Å². The summed E-state index contributed by atoms with van der Waals surface area (Å²) in [4.78, 5) is 0. The van der Waals surface area contributed by atoms with Gasteiger partial charge in [-0.15, -0.1) is 0 Å². The summed E-state index contributed by atoms with van der Waals surface area (Å²) in [6, 6.07) is 7.96. The topological polar surface area (TPSA) is 29.5 Å². The molecule has 0 saturated heterocycles. The van der Waals surface area contributed by atoms with E-state index in [1.54, 1.807) is 0 Å². The number of rotatable bonds is 5. The number of hydrogen-bond acceptors (Lipinski definition) is 2. The number of unbranched alkanes of at least 4 members (excludes halogenated alkanes) is 1. The Balaban J connectivity index is 2.32. The molecule has 1 aromatic rings. The minimum absolute atomic E-state index is 0.247. The maximum Gasteiger partial charge on any atom is 0.122 e. The molecular weight excluding hydrogens is 164 g/mol. The van der Waals surface area contributed by atoms with Crippen molar-refractivity contribution in [2.75, 3.05) is 13.2 Å². The highest BCUT2D eigenvalue weighted by atomic mass is 16.5. The van der Waals surface area contributed by atoms with Gasteiger partial charge in [0, 0.05) is 6.61 Å². The monoisotopic (exact) mass is 180 g/mol. The smallest absolute Gasteiger partial charge is 0.122 e. The highest BCUT2D eigenvalue weighted by molar-refractivity contribution is 5.31. The average molecular weight is 180 g/mol. The molecule has 0 radical (unpaired) electrons. The third-order valence-electron chi connectivity index (χ3n) is 1.90. The summed E-state index contributed by atoms with van der Waals surface area (Å²) in [6.45, 7) is 2.96. The summed E-state index contributed by atoms with van der Waals surface area (Å²) in [7, 11) is 0. The Morgan fingerprint density at radius 1 is 1.23 bits per heavy atom. The van der Waals surface area contributed by atoms with Crippen molar-refractivity contribution in [3.63, 3.8) is 0 Å². The van der Waals surface area contributed by atoms with Crippen LogP contribution in [0.25, 0.3) is 0 Å². The lowest BCUT2D eigenvalue weighted by atomic mass is 10.2. The Labute approximate surface area is 79.2 Å². The zero-order valence-electron chi connectivity index (χ0n) is 7.99. The molecule has 1 N–H and O–H groups in total. The van der Waals surface area contributed by atoms with Crippen molar-refractivity contribution in [1.82, 2.24) is 0 Å². The number of para-hydroxylation sites is 1. The van der Waals surface area contributed by atoms with Crippen molar-refractivity contribution in [3.05, 3.63) is 29.8 Å². The van der Waals surface area contributed by atoms with E-state index in [-0.39, 0.29) is 6.61 Å². The predicted octanol–water partition coefficient (Wildman–Crippen LogP) is 2.15. The molecule has 0 atom stereocenters. The Morgan fingerprint density at radius 2 is 2.00 bits per heavy atom. The molecule has 2 nitrogen and oxygen atoms in total. The Bertz CT molecular complexity index is 246. The van der Waals surface area contributed by atoms with Crippen molar-refractivity contribution in [3.8, 4) is 5.75 Å². The molecule has 72 valence electrons. The zero-order chi connectivity index (χ0) is 9.52. The summed E-state index contributed by atoms with van der Waals surface area (Å²) in [6.07, 6.45) is 1.72. The van der Waals surface area contributed by atoms with Crippen LogP contribution in [0.2, 0.25) is 0 Å². The van der Waals surface area contributed by atoms with E-state index in [4.69, 9.17) is 9.84 Å². The van der Waals surface area contributed by atoms with Gasteiger partial charge in [-0.2, -0.15) is 0 Å². The maximum absolute atomic E-state index is 8.56. The van der Waals surface area contributed by atoms with Crippen LogP contribution in [0.4, 0.5) is 0 Å². The van der Waals surface area contributed by atoms with Gasteiger partial charge < -0.3 is 9.84 Å². The van der Waals surface area contributed by atoms with Gasteiger partial charge in [0.25, 0.3) is 0 Å². The van der Waals surface area contributed by atoms with Crippen LogP contribution in [0.1, 0.15) is 18.4 Å². The van der Waals surface area contributed by atoms with E-state index < -0.39 is 0 Å². The normalized spacial score (nSPS) is 10.0. The fraction of sp³-hybridized carbons (Fsp3) is 0.455. The second kappa shape index (κ2) is 5.60. The number of aliphatic hydroxyl groups excluding tert-OH is 1. The molecule has 0 bridgehead atoms. The summed E-state index contributed by atoms with van der Waals surface area (Å²) in [5.41, 5.74) is 1.16. The van der Waals surface area contributed by atoms with Gasteiger partial charge in [0.2, 0.25) is 0 Å². The molecule has 0 amide bonds. The number of aliphatic hydroxyl groups is 1. The highest BCUT2D eigenvalue weighted by Crippen LogP contribution is 2.16. The Morgan fingerprint density at radius 3 is 2.69 bits per heavy atom. The van der Waals surface area contributed by atoms with Crippen molar-refractivity contribution in [1.29, 1.82) is 0 Å². The number of hydrogen-bond donors (Lipinski definition) is 1. The van der Waals surface area contributed by atoms with E-state index in [1.807, 2.05) is 31.2 Å². The molecule has 0 spiro atoms. The van der Waals surface area contributed by atoms with Gasteiger partial charge in [0.05, 0.1) is 6.61 Å². The first-order chi connectivity index (χ1) is 6.34. The highest BCUT2D eigenvalue weighted by Gasteiger charge is 1.96. The van der Waals surface area contributed by atoms with Gasteiger partial charge >= 0.3 is 0 Å². The molecule has 1 aromatic carbocycles. The third-order valence-corrected chi connectivity index (χ3v) is 1.90. The molecular formula is C11H16O2. The summed E-state index contributed by atoms with van der Waals surface area (Å²) < 4.78 is 5.53. The minimum Gasteiger partial charge on any atom is -0.493 e. The molecule has 0 aliphatic heterocycles. The molecule has 2 heteroatoms. The van der Waals surface area contributed by atoms with E-state index in [9.17, 15) is 0 Å². The lowest BCUT2D eigenvalue weighted by Gasteiger charge is -2.07. The van der Waals surface area contributed by atoms with Crippen LogP contribution in [0, 0.1) is 6.92 Å².